The highest BCUT2D eigenvalue weighted by atomic mass is 32.2. The maximum Gasteiger partial charge on any atom is 0.180 e. The van der Waals surface area contributed by atoms with Crippen molar-refractivity contribution in [1.29, 1.82) is 0 Å². The van der Waals surface area contributed by atoms with Crippen molar-refractivity contribution < 1.29 is 13.5 Å². The molecule has 1 atom stereocenters. The molecule has 0 spiro atoms. The molecule has 1 heterocycles. The van der Waals surface area contributed by atoms with E-state index in [1.54, 1.807) is 23.9 Å². The summed E-state index contributed by atoms with van der Waals surface area (Å²) < 4.78 is 26.0. The van der Waals surface area contributed by atoms with Gasteiger partial charge >= 0.3 is 0 Å². The Balaban J connectivity index is 2.08. The average Bonchev–Trinajstić information content (AvgIpc) is 2.74. The number of aliphatic hydroxyl groups is 1. The topological polar surface area (TPSA) is 98.2 Å². The lowest BCUT2D eigenvalue weighted by Gasteiger charge is -2.13. The summed E-state index contributed by atoms with van der Waals surface area (Å²) in [6.45, 7) is 1.99. The van der Waals surface area contributed by atoms with E-state index < -0.39 is 15.9 Å². The molecule has 1 unspecified atom stereocenters. The first-order chi connectivity index (χ1) is 9.38. The molecular formula is C13H17N3O3S. The zero-order valence-electron chi connectivity index (χ0n) is 11.1. The SMILES string of the molecule is Cc1nccn1CC(O)CS(=O)(=O)c1ccc(N)cc1. The minimum Gasteiger partial charge on any atom is -0.399 e. The first-order valence-corrected chi connectivity index (χ1v) is 7.78. The van der Waals surface area contributed by atoms with Gasteiger partial charge in [0.25, 0.3) is 0 Å². The summed E-state index contributed by atoms with van der Waals surface area (Å²) in [5, 5.41) is 9.94. The highest BCUT2D eigenvalue weighted by molar-refractivity contribution is 7.91. The first kappa shape index (κ1) is 14.5. The summed E-state index contributed by atoms with van der Waals surface area (Å²) in [4.78, 5) is 4.18. The second-order valence-electron chi connectivity index (χ2n) is 4.63. The predicted octanol–water partition coefficient (Wildman–Crippen LogP) is 0.609. The summed E-state index contributed by atoms with van der Waals surface area (Å²) in [5.41, 5.74) is 6.02. The lowest BCUT2D eigenvalue weighted by molar-refractivity contribution is 0.175. The molecule has 0 radical (unpaired) electrons. The van der Waals surface area contributed by atoms with E-state index in [2.05, 4.69) is 4.98 Å². The number of sulfone groups is 1. The number of hydrogen-bond acceptors (Lipinski definition) is 5. The smallest absolute Gasteiger partial charge is 0.180 e. The fourth-order valence-corrected chi connectivity index (χ4v) is 3.26. The van der Waals surface area contributed by atoms with E-state index in [-0.39, 0.29) is 17.2 Å². The van der Waals surface area contributed by atoms with Crippen LogP contribution in [-0.2, 0) is 16.4 Å². The average molecular weight is 295 g/mol. The summed E-state index contributed by atoms with van der Waals surface area (Å²) in [6, 6.07) is 5.94. The van der Waals surface area contributed by atoms with Crippen LogP contribution in [0.5, 0.6) is 0 Å². The summed E-state index contributed by atoms with van der Waals surface area (Å²) in [7, 11) is -3.53. The molecule has 0 saturated carbocycles. The van der Waals surface area contributed by atoms with Crippen LogP contribution in [0.1, 0.15) is 5.82 Å². The second-order valence-corrected chi connectivity index (χ2v) is 6.67. The van der Waals surface area contributed by atoms with Crippen molar-refractivity contribution in [3.05, 3.63) is 42.5 Å². The molecule has 0 aliphatic rings. The third-order valence-electron chi connectivity index (χ3n) is 2.98. The molecule has 1 aromatic heterocycles. The number of nitrogens with zero attached hydrogens (tertiary/aromatic N) is 2. The minimum absolute atomic E-state index is 0.160. The van der Waals surface area contributed by atoms with E-state index in [0.29, 0.717) is 5.69 Å². The van der Waals surface area contributed by atoms with E-state index in [0.717, 1.165) is 5.82 Å². The molecule has 0 bridgehead atoms. The molecule has 7 heteroatoms. The van der Waals surface area contributed by atoms with Crippen LogP contribution >= 0.6 is 0 Å². The third-order valence-corrected chi connectivity index (χ3v) is 4.80. The van der Waals surface area contributed by atoms with Crippen LogP contribution < -0.4 is 5.73 Å². The van der Waals surface area contributed by atoms with Gasteiger partial charge < -0.3 is 15.4 Å². The first-order valence-electron chi connectivity index (χ1n) is 6.12. The highest BCUT2D eigenvalue weighted by Crippen LogP contribution is 2.15. The predicted molar refractivity (Wildman–Crippen MR) is 75.9 cm³/mol. The van der Waals surface area contributed by atoms with Crippen molar-refractivity contribution in [3.63, 3.8) is 0 Å². The normalized spacial score (nSPS) is 13.3. The summed E-state index contributed by atoms with van der Waals surface area (Å²) in [6.07, 6.45) is 2.32. The number of aliphatic hydroxyl groups excluding tert-OH is 1. The fraction of sp³-hybridized carbons (Fsp3) is 0.308. The number of nitrogens with two attached hydrogens (primary N) is 1. The Kier molecular flexibility index (Phi) is 4.10. The van der Waals surface area contributed by atoms with Crippen LogP contribution in [0.15, 0.2) is 41.6 Å². The van der Waals surface area contributed by atoms with Crippen molar-refractivity contribution in [2.45, 2.75) is 24.5 Å². The van der Waals surface area contributed by atoms with Gasteiger partial charge in [0.2, 0.25) is 0 Å². The molecule has 2 aromatic rings. The lowest BCUT2D eigenvalue weighted by Crippen LogP contribution is -2.26. The van der Waals surface area contributed by atoms with Gasteiger partial charge in [0, 0.05) is 18.1 Å². The standard InChI is InChI=1S/C13H17N3O3S/c1-10-15-6-7-16(10)8-12(17)9-20(18,19)13-4-2-11(14)3-5-13/h2-7,12,17H,8-9,14H2,1H3. The summed E-state index contributed by atoms with van der Waals surface area (Å²) >= 11 is 0. The Morgan fingerprint density at radius 2 is 2.00 bits per heavy atom. The van der Waals surface area contributed by atoms with Crippen molar-refractivity contribution in [1.82, 2.24) is 9.55 Å². The molecule has 0 aliphatic carbocycles. The van der Waals surface area contributed by atoms with Crippen molar-refractivity contribution in [2.24, 2.45) is 0 Å². The van der Waals surface area contributed by atoms with Gasteiger partial charge in [0.05, 0.1) is 23.3 Å². The number of aryl methyl sites for hydroxylation is 1. The Morgan fingerprint density at radius 3 is 2.55 bits per heavy atom. The third kappa shape index (κ3) is 3.37. The number of anilines is 1. The number of imidazole rings is 1. The number of nitrogen functional groups attached to an aromatic ring is 1. The molecule has 6 nitrogen and oxygen atoms in total. The molecular weight excluding hydrogens is 278 g/mol. The zero-order valence-corrected chi connectivity index (χ0v) is 11.9. The largest absolute Gasteiger partial charge is 0.399 e. The molecule has 0 aliphatic heterocycles. The Morgan fingerprint density at radius 1 is 1.35 bits per heavy atom. The molecule has 3 N–H and O–H groups in total. The maximum absolute atomic E-state index is 12.1. The van der Waals surface area contributed by atoms with Crippen molar-refractivity contribution in [2.75, 3.05) is 11.5 Å². The van der Waals surface area contributed by atoms with Crippen LogP contribution in [0.25, 0.3) is 0 Å². The van der Waals surface area contributed by atoms with Crippen LogP contribution in [-0.4, -0.2) is 34.9 Å². The molecule has 108 valence electrons. The van der Waals surface area contributed by atoms with Gasteiger partial charge in [-0.05, 0) is 31.2 Å². The monoisotopic (exact) mass is 295 g/mol. The van der Waals surface area contributed by atoms with E-state index in [4.69, 9.17) is 5.73 Å². The highest BCUT2D eigenvalue weighted by Gasteiger charge is 2.20. The Bertz CT molecular complexity index is 677. The van der Waals surface area contributed by atoms with Gasteiger partial charge in [0.1, 0.15) is 5.82 Å². The number of aromatic nitrogens is 2. The van der Waals surface area contributed by atoms with Crippen molar-refractivity contribution >= 4 is 15.5 Å². The Hall–Kier alpha value is -1.86. The van der Waals surface area contributed by atoms with Gasteiger partial charge in [-0.3, -0.25) is 0 Å². The number of benzene rings is 1. The van der Waals surface area contributed by atoms with Crippen molar-refractivity contribution in [3.8, 4) is 0 Å². The summed E-state index contributed by atoms with van der Waals surface area (Å²) in [5.74, 6) is 0.392. The van der Waals surface area contributed by atoms with E-state index >= 15 is 0 Å². The molecule has 20 heavy (non-hydrogen) atoms. The number of hydrogen-bond donors (Lipinski definition) is 2. The zero-order chi connectivity index (χ0) is 14.8. The van der Waals surface area contributed by atoms with E-state index in [9.17, 15) is 13.5 Å². The molecule has 0 fully saturated rings. The minimum atomic E-state index is -3.53. The van der Waals surface area contributed by atoms with Gasteiger partial charge in [-0.15, -0.1) is 0 Å². The van der Waals surface area contributed by atoms with Gasteiger partial charge in [0.15, 0.2) is 9.84 Å². The van der Waals surface area contributed by atoms with Crippen LogP contribution in [0.2, 0.25) is 0 Å². The van der Waals surface area contributed by atoms with Crippen LogP contribution in [0.3, 0.4) is 0 Å². The molecule has 0 amide bonds. The van der Waals surface area contributed by atoms with Gasteiger partial charge in [-0.2, -0.15) is 0 Å². The van der Waals surface area contributed by atoms with Gasteiger partial charge in [-0.25, -0.2) is 13.4 Å². The molecule has 1 aromatic carbocycles. The van der Waals surface area contributed by atoms with Crippen LogP contribution in [0.4, 0.5) is 5.69 Å². The van der Waals surface area contributed by atoms with Crippen LogP contribution in [0, 0.1) is 6.92 Å². The quantitative estimate of drug-likeness (QED) is 0.787. The van der Waals surface area contributed by atoms with Gasteiger partial charge in [-0.1, -0.05) is 0 Å². The molecule has 0 saturated heterocycles. The van der Waals surface area contributed by atoms with E-state index in [1.165, 1.54) is 24.3 Å². The fourth-order valence-electron chi connectivity index (χ4n) is 1.90. The number of rotatable bonds is 5. The molecule has 2 rings (SSSR count). The second kappa shape index (κ2) is 5.64. The Labute approximate surface area is 117 Å². The maximum atomic E-state index is 12.1. The lowest BCUT2D eigenvalue weighted by atomic mass is 10.3. The van der Waals surface area contributed by atoms with E-state index in [1.807, 2.05) is 0 Å².